The Morgan fingerprint density at radius 2 is 1.61 bits per heavy atom. The fraction of sp³-hybridized carbons (Fsp3) is 0.435. The molecule has 5 heteroatoms. The minimum absolute atomic E-state index is 0. The van der Waals surface area contributed by atoms with E-state index in [1.165, 1.54) is 11.1 Å². The number of nitrogens with zero attached hydrogens (tertiary/aromatic N) is 1. The molecule has 0 aromatic heterocycles. The molecular formula is C23H32IN3O. The van der Waals surface area contributed by atoms with Crippen LogP contribution in [0.25, 0.3) is 0 Å². The first kappa shape index (κ1) is 22.7. The van der Waals surface area contributed by atoms with Gasteiger partial charge in [-0.3, -0.25) is 4.99 Å². The van der Waals surface area contributed by atoms with Gasteiger partial charge in [-0.05, 0) is 29.9 Å². The van der Waals surface area contributed by atoms with E-state index in [4.69, 9.17) is 4.74 Å². The van der Waals surface area contributed by atoms with Gasteiger partial charge in [0.25, 0.3) is 0 Å². The number of nitrogens with one attached hydrogen (secondary N) is 2. The molecule has 0 radical (unpaired) electrons. The van der Waals surface area contributed by atoms with E-state index in [9.17, 15) is 0 Å². The third kappa shape index (κ3) is 5.95. The van der Waals surface area contributed by atoms with E-state index < -0.39 is 0 Å². The minimum Gasteiger partial charge on any atom is -0.381 e. The largest absolute Gasteiger partial charge is 0.381 e. The van der Waals surface area contributed by atoms with E-state index in [1.54, 1.807) is 0 Å². The number of aliphatic imine (C=N–C) groups is 1. The van der Waals surface area contributed by atoms with Crippen LogP contribution in [0.4, 0.5) is 0 Å². The highest BCUT2D eigenvalue weighted by Crippen LogP contribution is 2.34. The lowest BCUT2D eigenvalue weighted by Crippen LogP contribution is -2.48. The predicted molar refractivity (Wildman–Crippen MR) is 128 cm³/mol. The lowest BCUT2D eigenvalue weighted by Gasteiger charge is -2.38. The highest BCUT2D eigenvalue weighted by atomic mass is 127. The molecule has 28 heavy (non-hydrogen) atoms. The zero-order valence-electron chi connectivity index (χ0n) is 16.9. The van der Waals surface area contributed by atoms with Crippen molar-refractivity contribution in [3.05, 3.63) is 71.8 Å². The van der Waals surface area contributed by atoms with Crippen molar-refractivity contribution in [1.29, 1.82) is 0 Å². The van der Waals surface area contributed by atoms with Crippen molar-refractivity contribution in [1.82, 2.24) is 10.6 Å². The molecule has 152 valence electrons. The molecule has 0 spiro atoms. The molecule has 1 atom stereocenters. The number of halogens is 1. The first-order valence-electron chi connectivity index (χ1n) is 9.86. The topological polar surface area (TPSA) is 45.7 Å². The van der Waals surface area contributed by atoms with Crippen molar-refractivity contribution in [2.45, 2.75) is 31.1 Å². The van der Waals surface area contributed by atoms with E-state index in [1.807, 2.05) is 7.05 Å². The second-order valence-corrected chi connectivity index (χ2v) is 7.38. The zero-order chi connectivity index (χ0) is 19.0. The average molecular weight is 493 g/mol. The van der Waals surface area contributed by atoms with Crippen molar-refractivity contribution in [3.8, 4) is 0 Å². The smallest absolute Gasteiger partial charge is 0.191 e. The summed E-state index contributed by atoms with van der Waals surface area (Å²) in [7, 11) is 1.84. The van der Waals surface area contributed by atoms with Gasteiger partial charge in [0.15, 0.2) is 5.96 Å². The van der Waals surface area contributed by atoms with Gasteiger partial charge in [-0.2, -0.15) is 0 Å². The van der Waals surface area contributed by atoms with Crippen LogP contribution in [0.15, 0.2) is 65.7 Å². The lowest BCUT2D eigenvalue weighted by molar-refractivity contribution is 0.0514. The summed E-state index contributed by atoms with van der Waals surface area (Å²) in [5.41, 5.74) is 2.82. The van der Waals surface area contributed by atoms with Gasteiger partial charge >= 0.3 is 0 Å². The number of guanidine groups is 1. The third-order valence-electron chi connectivity index (χ3n) is 5.60. The fourth-order valence-electron chi connectivity index (χ4n) is 3.74. The van der Waals surface area contributed by atoms with Crippen LogP contribution in [0.3, 0.4) is 0 Å². The average Bonchev–Trinajstić information content (AvgIpc) is 2.75. The number of hydrogen-bond donors (Lipinski definition) is 2. The SMILES string of the molecule is CN=C(NCC(C)c1ccccc1)NCC1(c2ccccc2)CCOCC1.I. The van der Waals surface area contributed by atoms with E-state index in [-0.39, 0.29) is 29.4 Å². The fourth-order valence-corrected chi connectivity index (χ4v) is 3.74. The number of hydrogen-bond acceptors (Lipinski definition) is 2. The molecule has 0 aliphatic carbocycles. The van der Waals surface area contributed by atoms with Crippen LogP contribution in [-0.2, 0) is 10.2 Å². The highest BCUT2D eigenvalue weighted by Gasteiger charge is 2.34. The third-order valence-corrected chi connectivity index (χ3v) is 5.60. The Balaban J connectivity index is 0.00000280. The summed E-state index contributed by atoms with van der Waals surface area (Å²) in [5.74, 6) is 1.29. The molecule has 1 aliphatic rings. The number of ether oxygens (including phenoxy) is 1. The van der Waals surface area contributed by atoms with Gasteiger partial charge in [-0.1, -0.05) is 67.6 Å². The van der Waals surface area contributed by atoms with Crippen LogP contribution in [0.1, 0.15) is 36.8 Å². The van der Waals surface area contributed by atoms with Crippen LogP contribution in [0.2, 0.25) is 0 Å². The summed E-state index contributed by atoms with van der Waals surface area (Å²) in [6.07, 6.45) is 2.06. The Labute approximate surface area is 186 Å². The van der Waals surface area contributed by atoms with Gasteiger partial charge in [-0.15, -0.1) is 24.0 Å². The second kappa shape index (κ2) is 11.4. The van der Waals surface area contributed by atoms with Crippen LogP contribution in [0.5, 0.6) is 0 Å². The molecule has 0 amide bonds. The molecule has 2 aromatic carbocycles. The monoisotopic (exact) mass is 493 g/mol. The van der Waals surface area contributed by atoms with Gasteiger partial charge in [0.2, 0.25) is 0 Å². The molecule has 3 rings (SSSR count). The summed E-state index contributed by atoms with van der Waals surface area (Å²) >= 11 is 0. The standard InChI is InChI=1S/C23H31N3O.HI/c1-19(20-9-5-3-6-10-20)17-25-22(24-2)26-18-23(13-15-27-16-14-23)21-11-7-4-8-12-21;/h3-12,19H,13-18H2,1-2H3,(H2,24,25,26);1H. The van der Waals surface area contributed by atoms with Gasteiger partial charge in [0.1, 0.15) is 0 Å². The predicted octanol–water partition coefficient (Wildman–Crippen LogP) is 4.32. The molecule has 1 aliphatic heterocycles. The van der Waals surface area contributed by atoms with Crippen LogP contribution >= 0.6 is 24.0 Å². The molecule has 2 aromatic rings. The lowest BCUT2D eigenvalue weighted by atomic mass is 9.74. The summed E-state index contributed by atoms with van der Waals surface area (Å²) in [6.45, 7) is 5.58. The van der Waals surface area contributed by atoms with E-state index in [0.717, 1.165) is 45.1 Å². The zero-order valence-corrected chi connectivity index (χ0v) is 19.2. The molecule has 0 bridgehead atoms. The van der Waals surface area contributed by atoms with E-state index in [0.29, 0.717) is 5.92 Å². The highest BCUT2D eigenvalue weighted by molar-refractivity contribution is 14.0. The van der Waals surface area contributed by atoms with E-state index in [2.05, 4.69) is 83.2 Å². The van der Waals surface area contributed by atoms with Crippen molar-refractivity contribution < 1.29 is 4.74 Å². The van der Waals surface area contributed by atoms with Crippen molar-refractivity contribution >= 4 is 29.9 Å². The molecule has 4 nitrogen and oxygen atoms in total. The van der Waals surface area contributed by atoms with Gasteiger partial charge < -0.3 is 15.4 Å². The Bertz CT molecular complexity index is 715. The minimum atomic E-state index is 0. The van der Waals surface area contributed by atoms with E-state index >= 15 is 0 Å². The van der Waals surface area contributed by atoms with Crippen LogP contribution < -0.4 is 10.6 Å². The molecular weight excluding hydrogens is 461 g/mol. The Kier molecular flexibility index (Phi) is 9.25. The molecule has 1 heterocycles. The van der Waals surface area contributed by atoms with Crippen molar-refractivity contribution in [2.75, 3.05) is 33.4 Å². The summed E-state index contributed by atoms with van der Waals surface area (Å²) in [4.78, 5) is 4.43. The first-order chi connectivity index (χ1) is 13.2. The molecule has 1 saturated heterocycles. The quantitative estimate of drug-likeness (QED) is 0.358. The van der Waals surface area contributed by atoms with Gasteiger partial charge in [0.05, 0.1) is 0 Å². The second-order valence-electron chi connectivity index (χ2n) is 7.38. The summed E-state index contributed by atoms with van der Waals surface area (Å²) in [5, 5.41) is 7.05. The van der Waals surface area contributed by atoms with Crippen molar-refractivity contribution in [3.63, 3.8) is 0 Å². The summed E-state index contributed by atoms with van der Waals surface area (Å²) < 4.78 is 5.63. The normalized spacial score (nSPS) is 17.3. The molecule has 1 unspecified atom stereocenters. The van der Waals surface area contributed by atoms with Gasteiger partial charge in [-0.25, -0.2) is 0 Å². The molecule has 0 saturated carbocycles. The van der Waals surface area contributed by atoms with Gasteiger partial charge in [0, 0.05) is 38.8 Å². The maximum Gasteiger partial charge on any atom is 0.191 e. The number of rotatable bonds is 6. The van der Waals surface area contributed by atoms with Crippen molar-refractivity contribution in [2.24, 2.45) is 4.99 Å². The maximum absolute atomic E-state index is 5.63. The Hall–Kier alpha value is -1.60. The Morgan fingerprint density at radius 3 is 2.21 bits per heavy atom. The molecule has 2 N–H and O–H groups in total. The Morgan fingerprint density at radius 1 is 1.00 bits per heavy atom. The molecule has 1 fully saturated rings. The number of benzene rings is 2. The summed E-state index contributed by atoms with van der Waals surface area (Å²) in [6, 6.07) is 21.4. The first-order valence-corrected chi connectivity index (χ1v) is 9.86. The maximum atomic E-state index is 5.63. The van der Waals surface area contributed by atoms with Crippen LogP contribution in [0, 0.1) is 0 Å². The van der Waals surface area contributed by atoms with Crippen LogP contribution in [-0.4, -0.2) is 39.3 Å².